The zero-order valence-corrected chi connectivity index (χ0v) is 13.0. The molecular weight excluding hydrogens is 308 g/mol. The molecule has 0 bridgehead atoms. The maximum Gasteiger partial charge on any atom is 0.362 e. The van der Waals surface area contributed by atoms with Crippen molar-refractivity contribution < 1.29 is 17.9 Å². The highest BCUT2D eigenvalue weighted by Crippen LogP contribution is 2.14. The number of aromatic nitrogens is 2. The van der Waals surface area contributed by atoms with Crippen LogP contribution in [-0.2, 0) is 14.6 Å². The second-order valence-corrected chi connectivity index (χ2v) is 6.68. The highest BCUT2D eigenvalue weighted by molar-refractivity contribution is 7.90. The first-order valence-corrected chi connectivity index (χ1v) is 8.13. The number of hydrogen-bond donors (Lipinski definition) is 0. The first-order valence-electron chi connectivity index (χ1n) is 6.24. The molecule has 116 valence electrons. The maximum absolute atomic E-state index is 11.8. The van der Waals surface area contributed by atoms with E-state index in [0.717, 1.165) is 13.4 Å². The van der Waals surface area contributed by atoms with E-state index in [0.29, 0.717) is 11.4 Å². The highest BCUT2D eigenvalue weighted by Gasteiger charge is 2.16. The monoisotopic (exact) mass is 322 g/mol. The van der Waals surface area contributed by atoms with Crippen molar-refractivity contribution in [3.05, 3.63) is 51.9 Å². The van der Waals surface area contributed by atoms with Crippen molar-refractivity contribution in [1.82, 2.24) is 9.78 Å². The number of methoxy groups -OCH3 is 1. The summed E-state index contributed by atoms with van der Waals surface area (Å²) in [7, 11) is -2.14. The fraction of sp³-hybridized carbons (Fsp3) is 0.214. The minimum Gasteiger partial charge on any atom is -0.464 e. The van der Waals surface area contributed by atoms with Gasteiger partial charge < -0.3 is 4.74 Å². The van der Waals surface area contributed by atoms with Crippen molar-refractivity contribution >= 4 is 15.8 Å². The van der Waals surface area contributed by atoms with Gasteiger partial charge in [-0.15, -0.1) is 0 Å². The van der Waals surface area contributed by atoms with Crippen LogP contribution in [0.2, 0.25) is 0 Å². The van der Waals surface area contributed by atoms with Crippen LogP contribution in [0.5, 0.6) is 0 Å². The van der Waals surface area contributed by atoms with Gasteiger partial charge in [0.2, 0.25) is 11.1 Å². The normalized spacial score (nSPS) is 11.2. The molecule has 7 nitrogen and oxygen atoms in total. The zero-order valence-electron chi connectivity index (χ0n) is 12.2. The molecule has 2 rings (SSSR count). The summed E-state index contributed by atoms with van der Waals surface area (Å²) >= 11 is 0. The number of nitrogens with zero attached hydrogens (tertiary/aromatic N) is 2. The Morgan fingerprint density at radius 1 is 1.23 bits per heavy atom. The summed E-state index contributed by atoms with van der Waals surface area (Å²) in [4.78, 5) is 23.5. The van der Waals surface area contributed by atoms with E-state index in [9.17, 15) is 18.0 Å². The highest BCUT2D eigenvalue weighted by atomic mass is 32.2. The lowest BCUT2D eigenvalue weighted by Gasteiger charge is -2.11. The van der Waals surface area contributed by atoms with Crippen molar-refractivity contribution in [2.45, 2.75) is 11.8 Å². The van der Waals surface area contributed by atoms with Gasteiger partial charge in [0.15, 0.2) is 9.84 Å². The predicted octanol–water partition coefficient (Wildman–Crippen LogP) is 0.731. The number of sulfone groups is 1. The minimum atomic E-state index is -3.30. The lowest BCUT2D eigenvalue weighted by molar-refractivity contribution is 0.0590. The van der Waals surface area contributed by atoms with Gasteiger partial charge in [-0.25, -0.2) is 17.9 Å². The van der Waals surface area contributed by atoms with Crippen molar-refractivity contribution in [3.63, 3.8) is 0 Å². The Kier molecular flexibility index (Phi) is 4.14. The Balaban J connectivity index is 2.57. The maximum atomic E-state index is 11.8. The molecule has 8 heteroatoms. The summed E-state index contributed by atoms with van der Waals surface area (Å²) in [5, 5.41) is 3.98. The van der Waals surface area contributed by atoms with E-state index in [2.05, 4.69) is 9.84 Å². The van der Waals surface area contributed by atoms with Gasteiger partial charge in [0.05, 0.1) is 17.7 Å². The molecule has 2 aromatic rings. The molecule has 0 N–H and O–H groups in total. The van der Waals surface area contributed by atoms with Gasteiger partial charge in [-0.3, -0.25) is 4.79 Å². The molecule has 22 heavy (non-hydrogen) atoms. The van der Waals surface area contributed by atoms with Crippen LogP contribution in [0.15, 0.2) is 40.0 Å². The van der Waals surface area contributed by atoms with Crippen LogP contribution in [0.4, 0.5) is 0 Å². The van der Waals surface area contributed by atoms with Gasteiger partial charge in [0.25, 0.3) is 0 Å². The predicted molar refractivity (Wildman–Crippen MR) is 79.0 cm³/mol. The third-order valence-corrected chi connectivity index (χ3v) is 4.12. The van der Waals surface area contributed by atoms with E-state index in [1.165, 1.54) is 22.9 Å². The van der Waals surface area contributed by atoms with Crippen LogP contribution < -0.4 is 5.43 Å². The molecule has 0 aliphatic carbocycles. The van der Waals surface area contributed by atoms with Gasteiger partial charge >= 0.3 is 5.97 Å². The van der Waals surface area contributed by atoms with Gasteiger partial charge in [-0.05, 0) is 31.2 Å². The van der Waals surface area contributed by atoms with E-state index in [1.807, 2.05) is 0 Å². The molecule has 0 aliphatic rings. The van der Waals surface area contributed by atoms with Crippen molar-refractivity contribution in [2.24, 2.45) is 0 Å². The van der Waals surface area contributed by atoms with Gasteiger partial charge in [0.1, 0.15) is 0 Å². The smallest absolute Gasteiger partial charge is 0.362 e. The molecule has 0 atom stereocenters. The van der Waals surface area contributed by atoms with E-state index < -0.39 is 21.2 Å². The summed E-state index contributed by atoms with van der Waals surface area (Å²) in [6.45, 7) is 1.65. The number of carbonyl (C=O) groups excluding carboxylic acids is 1. The summed E-state index contributed by atoms with van der Waals surface area (Å²) in [5.74, 6) is -0.827. The van der Waals surface area contributed by atoms with E-state index in [1.54, 1.807) is 19.1 Å². The van der Waals surface area contributed by atoms with Gasteiger partial charge in [0, 0.05) is 18.0 Å². The third kappa shape index (κ3) is 3.06. The molecule has 1 aromatic carbocycles. The molecule has 0 amide bonds. The Labute approximate surface area is 127 Å². The number of hydrogen-bond acceptors (Lipinski definition) is 6. The first-order chi connectivity index (χ1) is 10.2. The SMILES string of the molecule is COC(=O)c1nn(-c2ccc(S(C)(=O)=O)cc2)c(C)cc1=O. The molecular formula is C14H14N2O5S. The van der Waals surface area contributed by atoms with Gasteiger partial charge in [-0.1, -0.05) is 0 Å². The lowest BCUT2D eigenvalue weighted by Crippen LogP contribution is -2.23. The summed E-state index contributed by atoms with van der Waals surface area (Å²) < 4.78 is 28.8. The Bertz CT molecular complexity index is 882. The fourth-order valence-corrected chi connectivity index (χ4v) is 2.51. The number of carbonyl (C=O) groups is 1. The lowest BCUT2D eigenvalue weighted by atomic mass is 10.3. The summed E-state index contributed by atoms with van der Waals surface area (Å²) in [6, 6.07) is 7.22. The molecule has 0 aliphatic heterocycles. The largest absolute Gasteiger partial charge is 0.464 e. The van der Waals surface area contributed by atoms with Crippen LogP contribution >= 0.6 is 0 Å². The summed E-state index contributed by atoms with van der Waals surface area (Å²) in [6.07, 6.45) is 1.11. The van der Waals surface area contributed by atoms with Crippen molar-refractivity contribution in [3.8, 4) is 5.69 Å². The molecule has 0 saturated heterocycles. The van der Waals surface area contributed by atoms with Crippen LogP contribution in [0.25, 0.3) is 5.69 Å². The second-order valence-electron chi connectivity index (χ2n) is 4.67. The van der Waals surface area contributed by atoms with E-state index >= 15 is 0 Å². The van der Waals surface area contributed by atoms with Crippen LogP contribution in [-0.4, -0.2) is 37.5 Å². The summed E-state index contributed by atoms with van der Waals surface area (Å²) in [5.41, 5.74) is 0.161. The standard InChI is InChI=1S/C14H14N2O5S/c1-9-8-12(17)13(14(18)21-2)15-16(9)10-4-6-11(7-5-10)22(3,19)20/h4-8H,1-3H3. The number of aryl methyl sites for hydroxylation is 1. The fourth-order valence-electron chi connectivity index (χ4n) is 1.88. The average molecular weight is 322 g/mol. The number of benzene rings is 1. The van der Waals surface area contributed by atoms with Crippen LogP contribution in [0.1, 0.15) is 16.2 Å². The van der Waals surface area contributed by atoms with Crippen LogP contribution in [0, 0.1) is 6.92 Å². The minimum absolute atomic E-state index is 0.170. The topological polar surface area (TPSA) is 95.3 Å². The Morgan fingerprint density at radius 3 is 2.32 bits per heavy atom. The zero-order chi connectivity index (χ0) is 16.5. The van der Waals surface area contributed by atoms with Crippen molar-refractivity contribution in [2.75, 3.05) is 13.4 Å². The van der Waals surface area contributed by atoms with E-state index in [4.69, 9.17) is 0 Å². The van der Waals surface area contributed by atoms with Gasteiger partial charge in [-0.2, -0.15) is 5.10 Å². The first kappa shape index (κ1) is 15.9. The molecule has 0 radical (unpaired) electrons. The quantitative estimate of drug-likeness (QED) is 0.773. The van der Waals surface area contributed by atoms with Crippen LogP contribution in [0.3, 0.4) is 0 Å². The average Bonchev–Trinajstić information content (AvgIpc) is 2.46. The molecule has 0 unspecified atom stereocenters. The number of esters is 1. The number of ether oxygens (including phenoxy) is 1. The van der Waals surface area contributed by atoms with Crippen molar-refractivity contribution in [1.29, 1.82) is 0 Å². The number of rotatable bonds is 3. The molecule has 0 saturated carbocycles. The molecule has 0 spiro atoms. The molecule has 1 heterocycles. The molecule has 0 fully saturated rings. The van der Waals surface area contributed by atoms with E-state index in [-0.39, 0.29) is 10.6 Å². The Morgan fingerprint density at radius 2 is 1.82 bits per heavy atom. The Hall–Kier alpha value is -2.48. The third-order valence-electron chi connectivity index (χ3n) is 3.00. The second kappa shape index (κ2) is 5.72. The molecule has 1 aromatic heterocycles.